The summed E-state index contributed by atoms with van der Waals surface area (Å²) in [7, 11) is 0. The molecule has 0 atom stereocenters. The summed E-state index contributed by atoms with van der Waals surface area (Å²) in [5.41, 5.74) is 0.138. The van der Waals surface area contributed by atoms with Crippen LogP contribution in [0.4, 0.5) is 0 Å². The standard InChI is InChI=1S/C18H34N2O2/c1-16(2)20-12-8-18(9-13-20)7-11-19(14-15-22-18)10-5-4-6-17(3)21/h16H,4-15H2,1-3H3. The van der Waals surface area contributed by atoms with Gasteiger partial charge in [-0.2, -0.15) is 0 Å². The molecule has 2 aliphatic heterocycles. The number of Topliss-reactive ketones (excluding diaryl/α,β-unsaturated/α-hetero) is 1. The van der Waals surface area contributed by atoms with Gasteiger partial charge in [-0.1, -0.05) is 0 Å². The molecular formula is C18H34N2O2. The van der Waals surface area contributed by atoms with Crippen LogP contribution in [0.2, 0.25) is 0 Å². The van der Waals surface area contributed by atoms with Gasteiger partial charge in [-0.3, -0.25) is 0 Å². The summed E-state index contributed by atoms with van der Waals surface area (Å²) in [6, 6.07) is 0.654. The third-order valence-electron chi connectivity index (χ3n) is 5.39. The lowest BCUT2D eigenvalue weighted by Gasteiger charge is -2.42. The molecule has 0 aromatic carbocycles. The number of unbranched alkanes of at least 4 members (excludes halogenated alkanes) is 1. The second-order valence-electron chi connectivity index (χ2n) is 7.41. The molecule has 0 aliphatic carbocycles. The highest BCUT2D eigenvalue weighted by atomic mass is 16.5. The SMILES string of the molecule is CC(=O)CCCCN1CCOC2(CC1)CCN(C(C)C)CC2. The van der Waals surface area contributed by atoms with E-state index in [-0.39, 0.29) is 5.60 Å². The molecule has 0 amide bonds. The number of ketones is 1. The monoisotopic (exact) mass is 310 g/mol. The van der Waals surface area contributed by atoms with Crippen LogP contribution in [-0.4, -0.2) is 66.6 Å². The first kappa shape index (κ1) is 17.9. The van der Waals surface area contributed by atoms with Crippen molar-refractivity contribution in [1.82, 2.24) is 9.80 Å². The summed E-state index contributed by atoms with van der Waals surface area (Å²) < 4.78 is 6.31. The van der Waals surface area contributed by atoms with Crippen molar-refractivity contribution in [1.29, 1.82) is 0 Å². The fourth-order valence-electron chi connectivity index (χ4n) is 3.71. The summed E-state index contributed by atoms with van der Waals surface area (Å²) >= 11 is 0. The molecule has 0 N–H and O–H groups in total. The van der Waals surface area contributed by atoms with Gasteiger partial charge in [-0.15, -0.1) is 0 Å². The molecule has 2 fully saturated rings. The largest absolute Gasteiger partial charge is 0.374 e. The topological polar surface area (TPSA) is 32.8 Å². The van der Waals surface area contributed by atoms with Crippen LogP contribution in [0.3, 0.4) is 0 Å². The summed E-state index contributed by atoms with van der Waals surface area (Å²) in [6.07, 6.45) is 6.44. The predicted octanol–water partition coefficient (Wildman–Crippen LogP) is 2.71. The predicted molar refractivity (Wildman–Crippen MR) is 90.2 cm³/mol. The molecule has 0 radical (unpaired) electrons. The van der Waals surface area contributed by atoms with Crippen molar-refractivity contribution < 1.29 is 9.53 Å². The van der Waals surface area contributed by atoms with Crippen molar-refractivity contribution in [2.75, 3.05) is 39.3 Å². The lowest BCUT2D eigenvalue weighted by atomic mass is 9.87. The van der Waals surface area contributed by atoms with E-state index in [0.717, 1.165) is 45.5 Å². The first-order valence-corrected chi connectivity index (χ1v) is 9.11. The molecular weight excluding hydrogens is 276 g/mol. The van der Waals surface area contributed by atoms with Crippen LogP contribution in [-0.2, 0) is 9.53 Å². The van der Waals surface area contributed by atoms with E-state index in [9.17, 15) is 4.79 Å². The molecule has 0 saturated carbocycles. The smallest absolute Gasteiger partial charge is 0.129 e. The lowest BCUT2D eigenvalue weighted by molar-refractivity contribution is -0.117. The zero-order valence-electron chi connectivity index (χ0n) is 14.8. The lowest BCUT2D eigenvalue weighted by Crippen LogP contribution is -2.48. The van der Waals surface area contributed by atoms with E-state index < -0.39 is 0 Å². The Kier molecular flexibility index (Phi) is 6.85. The van der Waals surface area contributed by atoms with Gasteiger partial charge in [0.2, 0.25) is 0 Å². The Labute approximate surface area is 136 Å². The number of carbonyl (C=O) groups is 1. The number of ether oxygens (including phenoxy) is 1. The maximum Gasteiger partial charge on any atom is 0.129 e. The van der Waals surface area contributed by atoms with Gasteiger partial charge in [-0.25, -0.2) is 0 Å². The third kappa shape index (κ3) is 5.32. The number of carbonyl (C=O) groups excluding carboxylic acids is 1. The number of hydrogen-bond donors (Lipinski definition) is 0. The van der Waals surface area contributed by atoms with E-state index >= 15 is 0 Å². The van der Waals surface area contributed by atoms with E-state index in [1.54, 1.807) is 6.92 Å². The van der Waals surface area contributed by atoms with Gasteiger partial charge in [-0.05, 0) is 59.4 Å². The highest BCUT2D eigenvalue weighted by Gasteiger charge is 2.37. The van der Waals surface area contributed by atoms with Gasteiger partial charge >= 0.3 is 0 Å². The number of nitrogens with zero attached hydrogens (tertiary/aromatic N) is 2. The number of hydrogen-bond acceptors (Lipinski definition) is 4. The highest BCUT2D eigenvalue weighted by molar-refractivity contribution is 5.75. The van der Waals surface area contributed by atoms with Crippen LogP contribution < -0.4 is 0 Å². The van der Waals surface area contributed by atoms with E-state index in [1.807, 2.05) is 0 Å². The second kappa shape index (κ2) is 8.42. The minimum absolute atomic E-state index is 0.138. The molecule has 2 aliphatic rings. The minimum atomic E-state index is 0.138. The molecule has 4 heteroatoms. The van der Waals surface area contributed by atoms with Gasteiger partial charge < -0.3 is 19.3 Å². The third-order valence-corrected chi connectivity index (χ3v) is 5.39. The zero-order chi connectivity index (χ0) is 16.0. The van der Waals surface area contributed by atoms with Crippen LogP contribution in [0.15, 0.2) is 0 Å². The molecule has 2 saturated heterocycles. The van der Waals surface area contributed by atoms with Gasteiger partial charge in [0.15, 0.2) is 0 Å². The average molecular weight is 310 g/mol. The number of piperidine rings is 1. The Balaban J connectivity index is 1.72. The van der Waals surface area contributed by atoms with Crippen LogP contribution in [0.1, 0.15) is 59.3 Å². The van der Waals surface area contributed by atoms with E-state index in [4.69, 9.17) is 4.74 Å². The Morgan fingerprint density at radius 3 is 2.41 bits per heavy atom. The van der Waals surface area contributed by atoms with Crippen molar-refractivity contribution in [2.24, 2.45) is 0 Å². The van der Waals surface area contributed by atoms with E-state index in [1.165, 1.54) is 32.4 Å². The Bertz CT molecular complexity index is 349. The zero-order valence-corrected chi connectivity index (χ0v) is 14.8. The molecule has 128 valence electrons. The highest BCUT2D eigenvalue weighted by Crippen LogP contribution is 2.32. The van der Waals surface area contributed by atoms with E-state index in [2.05, 4.69) is 23.6 Å². The van der Waals surface area contributed by atoms with Gasteiger partial charge in [0.1, 0.15) is 5.78 Å². The quantitative estimate of drug-likeness (QED) is 0.706. The molecule has 0 bridgehead atoms. The Morgan fingerprint density at radius 1 is 1.09 bits per heavy atom. The first-order valence-electron chi connectivity index (χ1n) is 9.11. The average Bonchev–Trinajstić information content (AvgIpc) is 2.67. The summed E-state index contributed by atoms with van der Waals surface area (Å²) in [5, 5.41) is 0. The Hall–Kier alpha value is -0.450. The van der Waals surface area contributed by atoms with Gasteiger partial charge in [0.25, 0.3) is 0 Å². The van der Waals surface area contributed by atoms with Crippen molar-refractivity contribution in [2.45, 2.75) is 70.9 Å². The molecule has 1 spiro atoms. The molecule has 0 aromatic rings. The van der Waals surface area contributed by atoms with Crippen molar-refractivity contribution in [3.63, 3.8) is 0 Å². The van der Waals surface area contributed by atoms with Gasteiger partial charge in [0.05, 0.1) is 12.2 Å². The molecule has 2 heterocycles. The van der Waals surface area contributed by atoms with E-state index in [0.29, 0.717) is 11.8 Å². The maximum absolute atomic E-state index is 11.0. The summed E-state index contributed by atoms with van der Waals surface area (Å²) in [4.78, 5) is 16.1. The molecule has 0 unspecified atom stereocenters. The molecule has 4 nitrogen and oxygen atoms in total. The summed E-state index contributed by atoms with van der Waals surface area (Å²) in [6.45, 7) is 12.8. The minimum Gasteiger partial charge on any atom is -0.374 e. The summed E-state index contributed by atoms with van der Waals surface area (Å²) in [5.74, 6) is 0.315. The van der Waals surface area contributed by atoms with Crippen LogP contribution in [0.25, 0.3) is 0 Å². The fraction of sp³-hybridized carbons (Fsp3) is 0.944. The van der Waals surface area contributed by atoms with Crippen LogP contribution in [0, 0.1) is 0 Å². The normalized spacial score (nSPS) is 23.8. The van der Waals surface area contributed by atoms with Crippen molar-refractivity contribution >= 4 is 5.78 Å². The maximum atomic E-state index is 11.0. The molecule has 22 heavy (non-hydrogen) atoms. The van der Waals surface area contributed by atoms with Crippen LogP contribution >= 0.6 is 0 Å². The number of likely N-dealkylation sites (tertiary alicyclic amines) is 1. The fourth-order valence-corrected chi connectivity index (χ4v) is 3.71. The number of rotatable bonds is 6. The molecule has 0 aromatic heterocycles. The Morgan fingerprint density at radius 2 is 1.77 bits per heavy atom. The van der Waals surface area contributed by atoms with Crippen LogP contribution in [0.5, 0.6) is 0 Å². The van der Waals surface area contributed by atoms with Crippen molar-refractivity contribution in [3.05, 3.63) is 0 Å². The second-order valence-corrected chi connectivity index (χ2v) is 7.41. The first-order chi connectivity index (χ1) is 10.5. The van der Waals surface area contributed by atoms with Crippen molar-refractivity contribution in [3.8, 4) is 0 Å². The van der Waals surface area contributed by atoms with Gasteiger partial charge in [0, 0.05) is 38.6 Å². The molecule has 2 rings (SSSR count).